The Morgan fingerprint density at radius 1 is 1.40 bits per heavy atom. The van der Waals surface area contributed by atoms with Gasteiger partial charge in [-0.15, -0.1) is 0 Å². The molecular formula is C17H22F2N2O4. The third kappa shape index (κ3) is 5.12. The fourth-order valence-corrected chi connectivity index (χ4v) is 2.79. The number of amides is 2. The molecule has 0 bridgehead atoms. The quantitative estimate of drug-likeness (QED) is 0.812. The van der Waals surface area contributed by atoms with Gasteiger partial charge >= 0.3 is 6.61 Å². The second kappa shape index (κ2) is 8.75. The molecule has 2 amide bonds. The van der Waals surface area contributed by atoms with Crippen LogP contribution in [0, 0.1) is 5.92 Å². The summed E-state index contributed by atoms with van der Waals surface area (Å²) in [4.78, 5) is 26.4. The zero-order chi connectivity index (χ0) is 18.4. The summed E-state index contributed by atoms with van der Waals surface area (Å²) in [5.41, 5.74) is 0.0487. The van der Waals surface area contributed by atoms with E-state index in [1.807, 2.05) is 0 Å². The molecule has 2 atom stereocenters. The molecule has 8 heteroatoms. The second-order valence-corrected chi connectivity index (χ2v) is 6.06. The van der Waals surface area contributed by atoms with Gasteiger partial charge in [0.25, 0.3) is 5.91 Å². The van der Waals surface area contributed by atoms with E-state index in [9.17, 15) is 18.4 Å². The maximum atomic E-state index is 12.7. The Bertz CT molecular complexity index is 612. The van der Waals surface area contributed by atoms with Gasteiger partial charge in [-0.25, -0.2) is 0 Å². The Hall–Kier alpha value is -2.22. The number of aliphatic hydroxyl groups excluding tert-OH is 1. The van der Waals surface area contributed by atoms with Crippen molar-refractivity contribution >= 4 is 11.8 Å². The van der Waals surface area contributed by atoms with Gasteiger partial charge in [0.15, 0.2) is 0 Å². The molecule has 138 valence electrons. The lowest BCUT2D eigenvalue weighted by Crippen LogP contribution is -2.47. The first-order chi connectivity index (χ1) is 11.9. The van der Waals surface area contributed by atoms with E-state index < -0.39 is 18.4 Å². The lowest BCUT2D eigenvalue weighted by molar-refractivity contribution is -0.127. The zero-order valence-electron chi connectivity index (χ0n) is 14.0. The molecule has 0 radical (unpaired) electrons. The van der Waals surface area contributed by atoms with Crippen LogP contribution in [0.15, 0.2) is 24.3 Å². The van der Waals surface area contributed by atoms with E-state index >= 15 is 0 Å². The van der Waals surface area contributed by atoms with Crippen molar-refractivity contribution < 1.29 is 28.2 Å². The molecule has 1 aliphatic heterocycles. The van der Waals surface area contributed by atoms with E-state index in [2.05, 4.69) is 10.1 Å². The predicted molar refractivity (Wildman–Crippen MR) is 86.4 cm³/mol. The standard InChI is InChI=1S/C17H22F2N2O4/c1-11(10-22)20-15(23)12-5-4-8-21(9-12)16(24)13-6-2-3-7-14(13)25-17(18)19/h2-3,6-7,11-12,17,22H,4-5,8-10H2,1H3,(H,20,23). The van der Waals surface area contributed by atoms with Crippen molar-refractivity contribution in [2.24, 2.45) is 5.92 Å². The Balaban J connectivity index is 2.08. The molecule has 0 saturated carbocycles. The van der Waals surface area contributed by atoms with E-state index in [1.54, 1.807) is 13.0 Å². The van der Waals surface area contributed by atoms with Gasteiger partial charge in [0, 0.05) is 19.1 Å². The largest absolute Gasteiger partial charge is 0.434 e. The molecule has 2 N–H and O–H groups in total. The smallest absolute Gasteiger partial charge is 0.387 e. The van der Waals surface area contributed by atoms with Crippen molar-refractivity contribution in [3.8, 4) is 5.75 Å². The van der Waals surface area contributed by atoms with Crippen molar-refractivity contribution in [3.63, 3.8) is 0 Å². The number of nitrogens with one attached hydrogen (secondary N) is 1. The number of halogens is 2. The number of para-hydroxylation sites is 1. The third-order valence-corrected chi connectivity index (χ3v) is 4.08. The summed E-state index contributed by atoms with van der Waals surface area (Å²) >= 11 is 0. The van der Waals surface area contributed by atoms with Gasteiger partial charge in [-0.1, -0.05) is 12.1 Å². The van der Waals surface area contributed by atoms with Crippen molar-refractivity contribution in [1.82, 2.24) is 10.2 Å². The topological polar surface area (TPSA) is 78.9 Å². The number of alkyl halides is 2. The van der Waals surface area contributed by atoms with E-state index in [4.69, 9.17) is 5.11 Å². The summed E-state index contributed by atoms with van der Waals surface area (Å²) in [5.74, 6) is -1.24. The Morgan fingerprint density at radius 3 is 2.80 bits per heavy atom. The third-order valence-electron chi connectivity index (χ3n) is 4.08. The lowest BCUT2D eigenvalue weighted by atomic mass is 9.96. The highest BCUT2D eigenvalue weighted by molar-refractivity contribution is 5.97. The number of likely N-dealkylation sites (tertiary alicyclic amines) is 1. The molecule has 6 nitrogen and oxygen atoms in total. The van der Waals surface area contributed by atoms with Crippen LogP contribution in [0.1, 0.15) is 30.1 Å². The first-order valence-corrected chi connectivity index (χ1v) is 8.16. The summed E-state index contributed by atoms with van der Waals surface area (Å²) in [6, 6.07) is 5.46. The van der Waals surface area contributed by atoms with Gasteiger partial charge in [0.1, 0.15) is 5.75 Å². The zero-order valence-corrected chi connectivity index (χ0v) is 14.0. The average molecular weight is 356 g/mol. The fourth-order valence-electron chi connectivity index (χ4n) is 2.79. The monoisotopic (exact) mass is 356 g/mol. The summed E-state index contributed by atoms with van der Waals surface area (Å²) < 4.78 is 29.4. The number of aliphatic hydroxyl groups is 1. The van der Waals surface area contributed by atoms with Crippen LogP contribution >= 0.6 is 0 Å². The molecule has 2 unspecified atom stereocenters. The predicted octanol–water partition coefficient (Wildman–Crippen LogP) is 1.64. The van der Waals surface area contributed by atoms with Crippen molar-refractivity contribution in [2.75, 3.05) is 19.7 Å². The highest BCUT2D eigenvalue weighted by Gasteiger charge is 2.30. The lowest BCUT2D eigenvalue weighted by Gasteiger charge is -2.33. The Kier molecular flexibility index (Phi) is 6.69. The SMILES string of the molecule is CC(CO)NC(=O)C1CCCN(C(=O)c2ccccc2OC(F)F)C1. The number of rotatable bonds is 6. The molecule has 1 aliphatic rings. The van der Waals surface area contributed by atoms with Crippen LogP contribution in [-0.2, 0) is 4.79 Å². The van der Waals surface area contributed by atoms with Crippen LogP contribution in [-0.4, -0.2) is 54.2 Å². The molecule has 1 aromatic rings. The molecule has 1 saturated heterocycles. The highest BCUT2D eigenvalue weighted by Crippen LogP contribution is 2.25. The van der Waals surface area contributed by atoms with Gasteiger partial charge < -0.3 is 20.1 Å². The fraction of sp³-hybridized carbons (Fsp3) is 0.529. The van der Waals surface area contributed by atoms with E-state index in [1.165, 1.54) is 23.1 Å². The van der Waals surface area contributed by atoms with Crippen LogP contribution in [0.3, 0.4) is 0 Å². The second-order valence-electron chi connectivity index (χ2n) is 6.06. The first-order valence-electron chi connectivity index (χ1n) is 8.16. The minimum absolute atomic E-state index is 0.0487. The number of hydrogen-bond donors (Lipinski definition) is 2. The van der Waals surface area contributed by atoms with Crippen molar-refractivity contribution in [2.45, 2.75) is 32.4 Å². The van der Waals surface area contributed by atoms with Crippen molar-refractivity contribution in [1.29, 1.82) is 0 Å². The van der Waals surface area contributed by atoms with Gasteiger partial charge in [0.2, 0.25) is 5.91 Å². The Labute approximate surface area is 144 Å². The van der Waals surface area contributed by atoms with Crippen LogP contribution in [0.2, 0.25) is 0 Å². The molecule has 2 rings (SSSR count). The molecule has 0 spiro atoms. The van der Waals surface area contributed by atoms with Gasteiger partial charge in [0.05, 0.1) is 18.1 Å². The van der Waals surface area contributed by atoms with E-state index in [0.29, 0.717) is 19.4 Å². The molecule has 25 heavy (non-hydrogen) atoms. The molecule has 0 aliphatic carbocycles. The summed E-state index contributed by atoms with van der Waals surface area (Å²) in [6.07, 6.45) is 1.26. The molecule has 1 aromatic carbocycles. The number of nitrogens with zero attached hydrogens (tertiary/aromatic N) is 1. The summed E-state index contributed by atoms with van der Waals surface area (Å²) in [5, 5.41) is 11.7. The highest BCUT2D eigenvalue weighted by atomic mass is 19.3. The number of piperidine rings is 1. The normalized spacial score (nSPS) is 18.8. The van der Waals surface area contributed by atoms with Gasteiger partial charge in [-0.2, -0.15) is 8.78 Å². The number of benzene rings is 1. The summed E-state index contributed by atoms with van der Waals surface area (Å²) in [6.45, 7) is -0.859. The first kappa shape index (κ1) is 19.1. The van der Waals surface area contributed by atoms with Crippen LogP contribution < -0.4 is 10.1 Å². The molecule has 1 heterocycles. The van der Waals surface area contributed by atoms with Gasteiger partial charge in [-0.3, -0.25) is 9.59 Å². The van der Waals surface area contributed by atoms with Crippen LogP contribution in [0.4, 0.5) is 8.78 Å². The van der Waals surface area contributed by atoms with Crippen LogP contribution in [0.5, 0.6) is 5.75 Å². The Morgan fingerprint density at radius 2 is 2.12 bits per heavy atom. The van der Waals surface area contributed by atoms with E-state index in [0.717, 1.165) is 0 Å². The van der Waals surface area contributed by atoms with Crippen molar-refractivity contribution in [3.05, 3.63) is 29.8 Å². The number of carbonyl (C=O) groups is 2. The number of hydrogen-bond acceptors (Lipinski definition) is 4. The van der Waals surface area contributed by atoms with Crippen LogP contribution in [0.25, 0.3) is 0 Å². The minimum atomic E-state index is -3.02. The van der Waals surface area contributed by atoms with E-state index in [-0.39, 0.29) is 36.4 Å². The van der Waals surface area contributed by atoms with Gasteiger partial charge in [-0.05, 0) is 31.9 Å². The molecular weight excluding hydrogens is 334 g/mol. The number of ether oxygens (including phenoxy) is 1. The number of carbonyl (C=O) groups excluding carboxylic acids is 2. The average Bonchev–Trinajstić information content (AvgIpc) is 2.61. The molecule has 1 fully saturated rings. The summed E-state index contributed by atoms with van der Waals surface area (Å²) in [7, 11) is 0. The maximum absolute atomic E-state index is 12.7. The minimum Gasteiger partial charge on any atom is -0.434 e. The molecule has 0 aromatic heterocycles. The maximum Gasteiger partial charge on any atom is 0.387 e.